The van der Waals surface area contributed by atoms with Crippen molar-refractivity contribution in [2.24, 2.45) is 0 Å². The van der Waals surface area contributed by atoms with E-state index in [0.717, 1.165) is 45.9 Å². The van der Waals surface area contributed by atoms with Gasteiger partial charge in [0.1, 0.15) is 5.01 Å². The van der Waals surface area contributed by atoms with E-state index in [1.165, 1.54) is 11.3 Å². The number of nitrogens with one attached hydrogen (secondary N) is 1. The molecule has 0 aliphatic carbocycles. The lowest BCUT2D eigenvalue weighted by Crippen LogP contribution is -2.30. The maximum absolute atomic E-state index is 5.97. The Labute approximate surface area is 137 Å². The summed E-state index contributed by atoms with van der Waals surface area (Å²) in [6, 6.07) is 7.80. The predicted octanol–water partition coefficient (Wildman–Crippen LogP) is 3.45. The number of H-pyrrole nitrogens is 1. The van der Waals surface area contributed by atoms with E-state index >= 15 is 0 Å². The van der Waals surface area contributed by atoms with Gasteiger partial charge in [-0.2, -0.15) is 5.10 Å². The van der Waals surface area contributed by atoms with Gasteiger partial charge in [-0.3, -0.25) is 5.10 Å². The molecule has 0 unspecified atom stereocenters. The SMILES string of the molecule is Cc1nnc(N2CCc3[nH]nc(-c4ccc(Cl)cc4)c3C2)s1. The highest BCUT2D eigenvalue weighted by Gasteiger charge is 2.24. The van der Waals surface area contributed by atoms with Crippen LogP contribution in [0.2, 0.25) is 5.02 Å². The molecule has 5 nitrogen and oxygen atoms in total. The minimum absolute atomic E-state index is 0.735. The molecule has 112 valence electrons. The minimum atomic E-state index is 0.735. The van der Waals surface area contributed by atoms with Crippen LogP contribution < -0.4 is 4.90 Å². The van der Waals surface area contributed by atoms with Crippen LogP contribution >= 0.6 is 22.9 Å². The fourth-order valence-corrected chi connectivity index (χ4v) is 3.56. The van der Waals surface area contributed by atoms with Gasteiger partial charge in [-0.15, -0.1) is 10.2 Å². The molecule has 0 amide bonds. The van der Waals surface area contributed by atoms with Gasteiger partial charge in [0.25, 0.3) is 0 Å². The number of fused-ring (bicyclic) bond motifs is 1. The zero-order valence-electron chi connectivity index (χ0n) is 12.0. The van der Waals surface area contributed by atoms with E-state index in [0.29, 0.717) is 0 Å². The largest absolute Gasteiger partial charge is 0.342 e. The zero-order valence-corrected chi connectivity index (χ0v) is 13.6. The average molecular weight is 332 g/mol. The van der Waals surface area contributed by atoms with Gasteiger partial charge in [-0.25, -0.2) is 0 Å². The standard InChI is InChI=1S/C15H14ClN5S/c1-9-17-20-15(22-9)21-7-6-13-12(8-21)14(19-18-13)10-2-4-11(16)5-3-10/h2-5H,6-8H2,1H3,(H,18,19). The summed E-state index contributed by atoms with van der Waals surface area (Å²) >= 11 is 7.60. The van der Waals surface area contributed by atoms with Crippen molar-refractivity contribution in [2.45, 2.75) is 19.9 Å². The first-order valence-corrected chi connectivity index (χ1v) is 8.27. The van der Waals surface area contributed by atoms with Crippen molar-refractivity contribution in [1.29, 1.82) is 0 Å². The summed E-state index contributed by atoms with van der Waals surface area (Å²) in [5, 5.41) is 18.8. The van der Waals surface area contributed by atoms with Gasteiger partial charge in [0.05, 0.1) is 5.69 Å². The maximum atomic E-state index is 5.97. The number of benzene rings is 1. The van der Waals surface area contributed by atoms with Crippen molar-refractivity contribution in [3.63, 3.8) is 0 Å². The number of rotatable bonds is 2. The molecule has 0 spiro atoms. The van der Waals surface area contributed by atoms with E-state index in [-0.39, 0.29) is 0 Å². The topological polar surface area (TPSA) is 57.7 Å². The Morgan fingerprint density at radius 3 is 2.77 bits per heavy atom. The van der Waals surface area contributed by atoms with Crippen LogP contribution in [0.25, 0.3) is 11.3 Å². The molecule has 1 aromatic carbocycles. The van der Waals surface area contributed by atoms with Crippen molar-refractivity contribution in [3.8, 4) is 11.3 Å². The third kappa shape index (κ3) is 2.38. The zero-order chi connectivity index (χ0) is 15.1. The van der Waals surface area contributed by atoms with Crippen molar-refractivity contribution < 1.29 is 0 Å². The van der Waals surface area contributed by atoms with Gasteiger partial charge < -0.3 is 4.90 Å². The van der Waals surface area contributed by atoms with Crippen LogP contribution in [0, 0.1) is 6.92 Å². The maximum Gasteiger partial charge on any atom is 0.208 e. The molecule has 1 N–H and O–H groups in total. The van der Waals surface area contributed by atoms with Crippen LogP contribution in [-0.4, -0.2) is 26.9 Å². The van der Waals surface area contributed by atoms with E-state index in [1.807, 2.05) is 31.2 Å². The first kappa shape index (κ1) is 13.7. The normalized spacial score (nSPS) is 14.2. The number of hydrogen-bond acceptors (Lipinski definition) is 5. The summed E-state index contributed by atoms with van der Waals surface area (Å²) in [6.45, 7) is 3.72. The molecule has 3 aromatic rings. The molecule has 22 heavy (non-hydrogen) atoms. The Hall–Kier alpha value is -1.92. The van der Waals surface area contributed by atoms with Crippen molar-refractivity contribution >= 4 is 28.1 Å². The number of aromatic nitrogens is 4. The lowest BCUT2D eigenvalue weighted by molar-refractivity contribution is 0.713. The van der Waals surface area contributed by atoms with Crippen LogP contribution in [0.5, 0.6) is 0 Å². The second-order valence-electron chi connectivity index (χ2n) is 5.31. The van der Waals surface area contributed by atoms with E-state index in [4.69, 9.17) is 11.6 Å². The molecule has 0 radical (unpaired) electrons. The average Bonchev–Trinajstić information content (AvgIpc) is 3.14. The highest BCUT2D eigenvalue weighted by Crippen LogP contribution is 2.32. The minimum Gasteiger partial charge on any atom is -0.342 e. The highest BCUT2D eigenvalue weighted by molar-refractivity contribution is 7.15. The van der Waals surface area contributed by atoms with Crippen LogP contribution in [0.3, 0.4) is 0 Å². The summed E-state index contributed by atoms with van der Waals surface area (Å²) in [6.07, 6.45) is 0.939. The van der Waals surface area contributed by atoms with E-state index in [2.05, 4.69) is 25.3 Å². The van der Waals surface area contributed by atoms with Crippen molar-refractivity contribution in [3.05, 3.63) is 45.6 Å². The third-order valence-corrected chi connectivity index (χ3v) is 4.99. The molecule has 1 aliphatic heterocycles. The molecular weight excluding hydrogens is 318 g/mol. The molecule has 0 bridgehead atoms. The number of anilines is 1. The first-order valence-electron chi connectivity index (χ1n) is 7.08. The quantitative estimate of drug-likeness (QED) is 0.781. The molecule has 0 saturated carbocycles. The Morgan fingerprint density at radius 2 is 2.05 bits per heavy atom. The molecule has 1 aliphatic rings. The van der Waals surface area contributed by atoms with Crippen LogP contribution in [0.4, 0.5) is 5.13 Å². The van der Waals surface area contributed by atoms with E-state index < -0.39 is 0 Å². The summed E-state index contributed by atoms with van der Waals surface area (Å²) in [5.41, 5.74) is 4.53. The first-order chi connectivity index (χ1) is 10.7. The molecule has 0 fully saturated rings. The van der Waals surface area contributed by atoms with E-state index in [9.17, 15) is 0 Å². The van der Waals surface area contributed by atoms with Crippen molar-refractivity contribution in [1.82, 2.24) is 20.4 Å². The number of halogens is 1. The number of hydrogen-bond donors (Lipinski definition) is 1. The molecular formula is C15H14ClN5S. The Balaban J connectivity index is 1.69. The van der Waals surface area contributed by atoms with Gasteiger partial charge in [0.15, 0.2) is 0 Å². The Morgan fingerprint density at radius 1 is 1.23 bits per heavy atom. The van der Waals surface area contributed by atoms with E-state index in [1.54, 1.807) is 11.3 Å². The summed E-state index contributed by atoms with van der Waals surface area (Å²) in [5.74, 6) is 0. The van der Waals surface area contributed by atoms with Crippen molar-refractivity contribution in [2.75, 3.05) is 11.4 Å². The van der Waals surface area contributed by atoms with Gasteiger partial charge in [-0.1, -0.05) is 35.1 Å². The molecule has 3 heterocycles. The summed E-state index contributed by atoms with van der Waals surface area (Å²) < 4.78 is 0. The highest BCUT2D eigenvalue weighted by atomic mass is 35.5. The third-order valence-electron chi connectivity index (χ3n) is 3.84. The number of aromatic amines is 1. The Bertz CT molecular complexity index is 808. The van der Waals surface area contributed by atoms with Gasteiger partial charge >= 0.3 is 0 Å². The number of nitrogens with zero attached hydrogens (tertiary/aromatic N) is 4. The monoisotopic (exact) mass is 331 g/mol. The Kier molecular flexibility index (Phi) is 3.35. The van der Waals surface area contributed by atoms with Gasteiger partial charge in [0, 0.05) is 41.4 Å². The van der Waals surface area contributed by atoms with Gasteiger partial charge in [0.2, 0.25) is 5.13 Å². The molecule has 0 atom stereocenters. The van der Waals surface area contributed by atoms with Gasteiger partial charge in [-0.05, 0) is 19.1 Å². The summed E-state index contributed by atoms with van der Waals surface area (Å²) in [4.78, 5) is 2.27. The molecule has 0 saturated heterocycles. The van der Waals surface area contributed by atoms with Crippen LogP contribution in [0.1, 0.15) is 16.3 Å². The van der Waals surface area contributed by atoms with Crippen LogP contribution in [0.15, 0.2) is 24.3 Å². The smallest absolute Gasteiger partial charge is 0.208 e. The molecule has 7 heteroatoms. The molecule has 2 aromatic heterocycles. The molecule has 4 rings (SSSR count). The van der Waals surface area contributed by atoms with Crippen LogP contribution in [-0.2, 0) is 13.0 Å². The lowest BCUT2D eigenvalue weighted by Gasteiger charge is -2.26. The predicted molar refractivity (Wildman–Crippen MR) is 88.4 cm³/mol. The second-order valence-corrected chi connectivity index (χ2v) is 6.91. The fourth-order valence-electron chi connectivity index (χ4n) is 2.72. The number of aryl methyl sites for hydroxylation is 1. The lowest BCUT2D eigenvalue weighted by atomic mass is 10.0. The second kappa shape index (κ2) is 5.37. The fraction of sp³-hybridized carbons (Fsp3) is 0.267. The summed E-state index contributed by atoms with van der Waals surface area (Å²) in [7, 11) is 0.